The van der Waals surface area contributed by atoms with Crippen LogP contribution in [0.3, 0.4) is 0 Å². The molecule has 2 rings (SSSR count). The highest BCUT2D eigenvalue weighted by Crippen LogP contribution is 2.30. The van der Waals surface area contributed by atoms with Crippen molar-refractivity contribution >= 4 is 0 Å². The van der Waals surface area contributed by atoms with E-state index in [-0.39, 0.29) is 5.54 Å². The van der Waals surface area contributed by atoms with Gasteiger partial charge in [-0.3, -0.25) is 0 Å². The molecule has 0 spiro atoms. The van der Waals surface area contributed by atoms with Gasteiger partial charge in [-0.1, -0.05) is 0 Å². The minimum Gasteiger partial charge on any atom is -0.324 e. The van der Waals surface area contributed by atoms with E-state index in [1.807, 2.05) is 0 Å². The van der Waals surface area contributed by atoms with Gasteiger partial charge in [0.1, 0.15) is 0 Å². The third-order valence-corrected chi connectivity index (χ3v) is 3.09. The molecule has 1 saturated heterocycles. The van der Waals surface area contributed by atoms with Crippen molar-refractivity contribution in [3.05, 3.63) is 0 Å². The molecule has 0 aromatic rings. The van der Waals surface area contributed by atoms with Crippen LogP contribution < -0.4 is 5.73 Å². The van der Waals surface area contributed by atoms with Crippen LogP contribution in [0, 0.1) is 0 Å². The first-order chi connectivity index (χ1) is 5.29. The number of nitrogens with two attached hydrogens (primary N) is 1. The van der Waals surface area contributed by atoms with Crippen LogP contribution in [0.15, 0.2) is 0 Å². The van der Waals surface area contributed by atoms with Crippen molar-refractivity contribution in [2.24, 2.45) is 5.73 Å². The number of hydrogen-bond acceptors (Lipinski definition) is 2. The molecule has 2 fully saturated rings. The molecule has 0 atom stereocenters. The summed E-state index contributed by atoms with van der Waals surface area (Å²) in [5.41, 5.74) is 6.35. The van der Waals surface area contributed by atoms with Gasteiger partial charge in [0.05, 0.1) is 0 Å². The summed E-state index contributed by atoms with van der Waals surface area (Å²) in [4.78, 5) is 2.53. The van der Waals surface area contributed by atoms with Gasteiger partial charge in [-0.25, -0.2) is 0 Å². The van der Waals surface area contributed by atoms with Crippen molar-refractivity contribution < 1.29 is 0 Å². The number of hydrogen-bond donors (Lipinski definition) is 1. The van der Waals surface area contributed by atoms with E-state index in [9.17, 15) is 0 Å². The quantitative estimate of drug-likeness (QED) is 0.642. The highest BCUT2D eigenvalue weighted by molar-refractivity contribution is 4.95. The van der Waals surface area contributed by atoms with Gasteiger partial charge in [-0.2, -0.15) is 0 Å². The standard InChI is InChI=1S/C9H18N2/c10-9(4-3-5-9)8-11-6-1-2-7-11/h1-8,10H2. The van der Waals surface area contributed by atoms with Crippen LogP contribution in [0.5, 0.6) is 0 Å². The Morgan fingerprint density at radius 2 is 1.73 bits per heavy atom. The van der Waals surface area contributed by atoms with Crippen LogP contribution in [0.1, 0.15) is 32.1 Å². The summed E-state index contributed by atoms with van der Waals surface area (Å²) in [6.45, 7) is 3.74. The zero-order chi connectivity index (χ0) is 7.73. The number of nitrogens with zero attached hydrogens (tertiary/aromatic N) is 1. The average Bonchev–Trinajstić information content (AvgIpc) is 2.36. The zero-order valence-corrected chi connectivity index (χ0v) is 7.18. The lowest BCUT2D eigenvalue weighted by Crippen LogP contribution is -2.54. The van der Waals surface area contributed by atoms with Crippen molar-refractivity contribution in [1.29, 1.82) is 0 Å². The lowest BCUT2D eigenvalue weighted by Gasteiger charge is -2.40. The van der Waals surface area contributed by atoms with Gasteiger partial charge in [0.15, 0.2) is 0 Å². The fourth-order valence-electron chi connectivity index (χ4n) is 2.18. The summed E-state index contributed by atoms with van der Waals surface area (Å²) in [7, 11) is 0. The van der Waals surface area contributed by atoms with Crippen molar-refractivity contribution in [3.63, 3.8) is 0 Å². The molecule has 1 aliphatic carbocycles. The van der Waals surface area contributed by atoms with Gasteiger partial charge in [0.25, 0.3) is 0 Å². The van der Waals surface area contributed by atoms with E-state index in [1.54, 1.807) is 0 Å². The van der Waals surface area contributed by atoms with E-state index in [0.717, 1.165) is 6.54 Å². The Labute approximate surface area is 68.7 Å². The normalized spacial score (nSPS) is 30.3. The monoisotopic (exact) mass is 154 g/mol. The summed E-state index contributed by atoms with van der Waals surface area (Å²) in [5.74, 6) is 0. The van der Waals surface area contributed by atoms with Crippen LogP contribution >= 0.6 is 0 Å². The van der Waals surface area contributed by atoms with Gasteiger partial charge >= 0.3 is 0 Å². The molecule has 0 radical (unpaired) electrons. The topological polar surface area (TPSA) is 29.3 Å². The van der Waals surface area contributed by atoms with Crippen molar-refractivity contribution in [2.75, 3.05) is 19.6 Å². The van der Waals surface area contributed by atoms with Crippen molar-refractivity contribution in [1.82, 2.24) is 4.90 Å². The molecule has 0 aromatic heterocycles. The molecule has 64 valence electrons. The Morgan fingerprint density at radius 1 is 1.09 bits per heavy atom. The Morgan fingerprint density at radius 3 is 2.18 bits per heavy atom. The third-order valence-electron chi connectivity index (χ3n) is 3.09. The van der Waals surface area contributed by atoms with E-state index in [0.29, 0.717) is 0 Å². The second kappa shape index (κ2) is 2.76. The number of likely N-dealkylation sites (tertiary alicyclic amines) is 1. The fraction of sp³-hybridized carbons (Fsp3) is 1.00. The Kier molecular flexibility index (Phi) is 1.90. The molecule has 11 heavy (non-hydrogen) atoms. The van der Waals surface area contributed by atoms with E-state index in [1.165, 1.54) is 45.2 Å². The van der Waals surface area contributed by atoms with Crippen LogP contribution in [0.25, 0.3) is 0 Å². The summed E-state index contributed by atoms with van der Waals surface area (Å²) >= 11 is 0. The Balaban J connectivity index is 1.79. The Hall–Kier alpha value is -0.0800. The second-order valence-corrected chi connectivity index (χ2v) is 4.20. The van der Waals surface area contributed by atoms with Crippen LogP contribution in [-0.2, 0) is 0 Å². The highest BCUT2D eigenvalue weighted by Gasteiger charge is 2.34. The molecule has 2 heteroatoms. The van der Waals surface area contributed by atoms with Gasteiger partial charge in [0, 0.05) is 12.1 Å². The third kappa shape index (κ3) is 1.57. The molecule has 2 nitrogen and oxygen atoms in total. The maximum atomic E-state index is 6.14. The summed E-state index contributed by atoms with van der Waals surface area (Å²) in [6.07, 6.45) is 6.63. The van der Waals surface area contributed by atoms with Gasteiger partial charge in [-0.05, 0) is 45.2 Å². The van der Waals surface area contributed by atoms with Crippen molar-refractivity contribution in [3.8, 4) is 0 Å². The lowest BCUT2D eigenvalue weighted by atomic mass is 9.77. The molecule has 0 aromatic carbocycles. The first-order valence-corrected chi connectivity index (χ1v) is 4.80. The largest absolute Gasteiger partial charge is 0.324 e. The lowest BCUT2D eigenvalue weighted by molar-refractivity contribution is 0.165. The van der Waals surface area contributed by atoms with Gasteiger partial charge in [0.2, 0.25) is 0 Å². The SMILES string of the molecule is NC1(CN2CCCC2)CCC1. The molecule has 0 amide bonds. The Bertz CT molecular complexity index is 134. The predicted octanol–water partition coefficient (Wildman–Crippen LogP) is 0.964. The molecular weight excluding hydrogens is 136 g/mol. The molecule has 0 unspecified atom stereocenters. The van der Waals surface area contributed by atoms with E-state index >= 15 is 0 Å². The molecule has 2 aliphatic rings. The molecule has 2 N–H and O–H groups in total. The maximum absolute atomic E-state index is 6.14. The summed E-state index contributed by atoms with van der Waals surface area (Å²) < 4.78 is 0. The molecular formula is C9H18N2. The minimum absolute atomic E-state index is 0.213. The molecule has 1 aliphatic heterocycles. The molecule has 1 heterocycles. The average molecular weight is 154 g/mol. The first kappa shape index (κ1) is 7.56. The minimum atomic E-state index is 0.213. The fourth-order valence-corrected chi connectivity index (χ4v) is 2.18. The van der Waals surface area contributed by atoms with Crippen molar-refractivity contribution in [2.45, 2.75) is 37.6 Å². The van der Waals surface area contributed by atoms with Crippen LogP contribution in [-0.4, -0.2) is 30.1 Å². The summed E-state index contributed by atoms with van der Waals surface area (Å²) in [5, 5.41) is 0. The smallest absolute Gasteiger partial charge is 0.0283 e. The second-order valence-electron chi connectivity index (χ2n) is 4.20. The number of rotatable bonds is 2. The maximum Gasteiger partial charge on any atom is 0.0283 e. The van der Waals surface area contributed by atoms with Gasteiger partial charge in [-0.15, -0.1) is 0 Å². The first-order valence-electron chi connectivity index (χ1n) is 4.80. The van der Waals surface area contributed by atoms with Gasteiger partial charge < -0.3 is 10.6 Å². The summed E-state index contributed by atoms with van der Waals surface area (Å²) in [6, 6.07) is 0. The van der Waals surface area contributed by atoms with Crippen LogP contribution in [0.4, 0.5) is 0 Å². The van der Waals surface area contributed by atoms with E-state index < -0.39 is 0 Å². The van der Waals surface area contributed by atoms with E-state index in [4.69, 9.17) is 5.73 Å². The highest BCUT2D eigenvalue weighted by atomic mass is 15.2. The van der Waals surface area contributed by atoms with Crippen LogP contribution in [0.2, 0.25) is 0 Å². The zero-order valence-electron chi connectivity index (χ0n) is 7.18. The molecule has 0 bridgehead atoms. The predicted molar refractivity (Wildman–Crippen MR) is 46.4 cm³/mol. The molecule has 1 saturated carbocycles. The van der Waals surface area contributed by atoms with E-state index in [2.05, 4.69) is 4.90 Å².